The van der Waals surface area contributed by atoms with Crippen molar-refractivity contribution in [1.29, 1.82) is 0 Å². The van der Waals surface area contributed by atoms with Crippen LogP contribution in [0.15, 0.2) is 12.1 Å². The summed E-state index contributed by atoms with van der Waals surface area (Å²) in [4.78, 5) is 25.6. The zero-order valence-electron chi connectivity index (χ0n) is 19.7. The van der Waals surface area contributed by atoms with Crippen LogP contribution in [0, 0.1) is 5.41 Å². The minimum Gasteiger partial charge on any atom is -0.497 e. The van der Waals surface area contributed by atoms with Gasteiger partial charge in [0.1, 0.15) is 23.7 Å². The Morgan fingerprint density at radius 1 is 1.12 bits per heavy atom. The smallest absolute Gasteiger partial charge is 0.316 e. The zero-order valence-corrected chi connectivity index (χ0v) is 19.7. The number of rotatable bonds is 4. The lowest BCUT2D eigenvalue weighted by Gasteiger charge is -2.34. The van der Waals surface area contributed by atoms with Gasteiger partial charge in [0.05, 0.1) is 24.2 Å². The first-order valence-electron chi connectivity index (χ1n) is 11.0. The van der Waals surface area contributed by atoms with Crippen molar-refractivity contribution in [3.63, 3.8) is 0 Å². The number of methoxy groups -OCH3 is 2. The summed E-state index contributed by atoms with van der Waals surface area (Å²) in [5, 5.41) is 0. The molecular formula is C24H32O8. The third kappa shape index (κ3) is 4.05. The van der Waals surface area contributed by atoms with Crippen molar-refractivity contribution in [1.82, 2.24) is 0 Å². The molecule has 8 heteroatoms. The van der Waals surface area contributed by atoms with Crippen LogP contribution in [0.5, 0.6) is 11.5 Å². The maximum atomic E-state index is 13.0. The van der Waals surface area contributed by atoms with E-state index in [1.165, 1.54) is 7.11 Å². The Labute approximate surface area is 188 Å². The van der Waals surface area contributed by atoms with Crippen LogP contribution >= 0.6 is 0 Å². The molecular weight excluding hydrogens is 416 g/mol. The Balaban J connectivity index is 1.73. The minimum atomic E-state index is -0.755. The average Bonchev–Trinajstić information content (AvgIpc) is 3.18. The lowest BCUT2D eigenvalue weighted by Crippen LogP contribution is -2.40. The fourth-order valence-corrected chi connectivity index (χ4v) is 4.66. The summed E-state index contributed by atoms with van der Waals surface area (Å²) in [6, 6.07) is 3.41. The van der Waals surface area contributed by atoms with E-state index >= 15 is 0 Å². The van der Waals surface area contributed by atoms with E-state index in [0.717, 1.165) is 5.56 Å². The molecule has 2 heterocycles. The van der Waals surface area contributed by atoms with E-state index in [-0.39, 0.29) is 29.7 Å². The van der Waals surface area contributed by atoms with Gasteiger partial charge in [-0.2, -0.15) is 0 Å². The molecule has 0 radical (unpaired) electrons. The van der Waals surface area contributed by atoms with Gasteiger partial charge in [0.15, 0.2) is 17.9 Å². The van der Waals surface area contributed by atoms with Gasteiger partial charge >= 0.3 is 5.97 Å². The van der Waals surface area contributed by atoms with Gasteiger partial charge in [0, 0.05) is 25.5 Å². The number of Topliss-reactive ketones (excluding diaryl/α,β-unsaturated/α-hetero) is 1. The van der Waals surface area contributed by atoms with E-state index in [4.69, 9.17) is 28.4 Å². The number of carbonyl (C=O) groups excluding carboxylic acids is 2. The van der Waals surface area contributed by atoms with Crippen molar-refractivity contribution in [2.75, 3.05) is 14.2 Å². The van der Waals surface area contributed by atoms with Gasteiger partial charge in [-0.1, -0.05) is 0 Å². The van der Waals surface area contributed by atoms with Crippen LogP contribution < -0.4 is 9.47 Å². The molecule has 3 aliphatic rings. The van der Waals surface area contributed by atoms with Crippen LogP contribution in [0.2, 0.25) is 0 Å². The molecule has 1 unspecified atom stereocenters. The molecule has 8 nitrogen and oxygen atoms in total. The molecule has 0 bridgehead atoms. The molecule has 176 valence electrons. The maximum Gasteiger partial charge on any atom is 0.316 e. The van der Waals surface area contributed by atoms with Crippen LogP contribution in [-0.4, -0.2) is 56.4 Å². The fourth-order valence-electron chi connectivity index (χ4n) is 4.66. The number of fused-ring (bicyclic) bond motifs is 2. The second-order valence-corrected chi connectivity index (χ2v) is 10.1. The molecule has 4 rings (SSSR count). The number of carbonyl (C=O) groups is 2. The molecule has 5 atom stereocenters. The molecule has 0 aromatic heterocycles. The van der Waals surface area contributed by atoms with Gasteiger partial charge in [0.2, 0.25) is 0 Å². The fraction of sp³-hybridized carbons (Fsp3) is 0.667. The molecule has 0 N–H and O–H groups in total. The third-order valence-corrected chi connectivity index (χ3v) is 6.21. The summed E-state index contributed by atoms with van der Waals surface area (Å²) in [7, 11) is 3.16. The first-order chi connectivity index (χ1) is 14.9. The van der Waals surface area contributed by atoms with Gasteiger partial charge in [-0.15, -0.1) is 0 Å². The molecule has 1 aromatic carbocycles. The number of esters is 1. The lowest BCUT2D eigenvalue weighted by atomic mass is 9.77. The highest BCUT2D eigenvalue weighted by Crippen LogP contribution is 2.48. The Kier molecular flexibility index (Phi) is 5.86. The monoisotopic (exact) mass is 448 g/mol. The normalized spacial score (nSPS) is 31.2. The van der Waals surface area contributed by atoms with Crippen LogP contribution in [0.1, 0.15) is 69.3 Å². The van der Waals surface area contributed by atoms with Crippen molar-refractivity contribution < 1.29 is 38.0 Å². The minimum absolute atomic E-state index is 0.0728. The summed E-state index contributed by atoms with van der Waals surface area (Å²) in [6.07, 6.45) is -0.812. The van der Waals surface area contributed by atoms with Gasteiger partial charge in [-0.3, -0.25) is 9.59 Å². The number of hydrogen-bond acceptors (Lipinski definition) is 8. The lowest BCUT2D eigenvalue weighted by molar-refractivity contribution is -0.219. The van der Waals surface area contributed by atoms with Gasteiger partial charge in [-0.25, -0.2) is 0 Å². The molecule has 1 aromatic rings. The SMILES string of the molecule is COc1cc(OC(=O)C(C)(C)C)c2c(c1)C([C@H]1O[C@@H]3OC(C)(C)O[C@@H]3[C@H]1OC)CCC2=O. The third-order valence-electron chi connectivity index (χ3n) is 6.21. The Morgan fingerprint density at radius 3 is 2.47 bits per heavy atom. The van der Waals surface area contributed by atoms with E-state index in [2.05, 4.69) is 0 Å². The Hall–Kier alpha value is -2.00. The summed E-state index contributed by atoms with van der Waals surface area (Å²) in [5.74, 6) is -0.717. The van der Waals surface area contributed by atoms with E-state index in [0.29, 0.717) is 24.2 Å². The summed E-state index contributed by atoms with van der Waals surface area (Å²) in [5.41, 5.74) is 0.405. The van der Waals surface area contributed by atoms with Crippen LogP contribution in [0.4, 0.5) is 0 Å². The van der Waals surface area contributed by atoms with Crippen LogP contribution in [-0.2, 0) is 23.7 Å². The number of ether oxygens (including phenoxy) is 6. The quantitative estimate of drug-likeness (QED) is 0.510. The molecule has 0 saturated carbocycles. The molecule has 0 spiro atoms. The molecule has 2 aliphatic heterocycles. The van der Waals surface area contributed by atoms with E-state index in [1.807, 2.05) is 19.9 Å². The maximum absolute atomic E-state index is 13.0. The van der Waals surface area contributed by atoms with Crippen molar-refractivity contribution in [3.8, 4) is 11.5 Å². The van der Waals surface area contributed by atoms with Crippen LogP contribution in [0.3, 0.4) is 0 Å². The average molecular weight is 449 g/mol. The summed E-state index contributed by atoms with van der Waals surface area (Å²) in [6.45, 7) is 8.98. The second kappa shape index (κ2) is 8.09. The first-order valence-corrected chi connectivity index (χ1v) is 11.0. The molecule has 32 heavy (non-hydrogen) atoms. The Bertz CT molecular complexity index is 915. The number of hydrogen-bond donors (Lipinski definition) is 0. The standard InChI is InChI=1S/C24H32O8/c1-23(2,3)22(26)29-16-11-12(27-6)10-14-13(8-9-15(25)17(14)16)18-19(28-7)20-21(30-18)32-24(4,5)31-20/h10-11,13,18-21H,8-9H2,1-7H3/t13?,18-,19+,20-,21-/m1/s1. The number of ketones is 1. The topological polar surface area (TPSA) is 89.5 Å². The van der Waals surface area contributed by atoms with Crippen molar-refractivity contribution in [2.45, 2.75) is 83.8 Å². The van der Waals surface area contributed by atoms with Crippen molar-refractivity contribution >= 4 is 11.8 Å². The van der Waals surface area contributed by atoms with E-state index in [9.17, 15) is 9.59 Å². The Morgan fingerprint density at radius 2 is 1.84 bits per heavy atom. The van der Waals surface area contributed by atoms with Gasteiger partial charge in [0.25, 0.3) is 0 Å². The molecule has 2 saturated heterocycles. The molecule has 2 fully saturated rings. The van der Waals surface area contributed by atoms with E-state index in [1.54, 1.807) is 33.9 Å². The first kappa shape index (κ1) is 23.2. The summed E-state index contributed by atoms with van der Waals surface area (Å²) >= 11 is 0. The summed E-state index contributed by atoms with van der Waals surface area (Å²) < 4.78 is 35.2. The molecule has 1 aliphatic carbocycles. The highest BCUT2D eigenvalue weighted by atomic mass is 16.8. The zero-order chi connectivity index (χ0) is 23.4. The van der Waals surface area contributed by atoms with Crippen molar-refractivity contribution in [3.05, 3.63) is 23.3 Å². The van der Waals surface area contributed by atoms with Gasteiger partial charge < -0.3 is 28.4 Å². The van der Waals surface area contributed by atoms with Crippen LogP contribution in [0.25, 0.3) is 0 Å². The highest BCUT2D eigenvalue weighted by Gasteiger charge is 2.57. The number of benzene rings is 1. The molecule has 0 amide bonds. The van der Waals surface area contributed by atoms with E-state index < -0.39 is 29.6 Å². The largest absolute Gasteiger partial charge is 0.497 e. The highest BCUT2D eigenvalue weighted by molar-refractivity contribution is 6.02. The predicted octanol–water partition coefficient (Wildman–Crippen LogP) is 3.60. The predicted molar refractivity (Wildman–Crippen MR) is 114 cm³/mol. The second-order valence-electron chi connectivity index (χ2n) is 10.1. The van der Waals surface area contributed by atoms with Gasteiger partial charge in [-0.05, 0) is 52.7 Å². The van der Waals surface area contributed by atoms with Crippen molar-refractivity contribution in [2.24, 2.45) is 5.41 Å².